The summed E-state index contributed by atoms with van der Waals surface area (Å²) in [4.78, 5) is 0. The third-order valence-electron chi connectivity index (χ3n) is 4.41. The van der Waals surface area contributed by atoms with Gasteiger partial charge in [-0.15, -0.1) is 5.10 Å². The standard InChI is InChI=1S/C16H22N4O2S/c1-19(23(2,21)22)11-15-12-20(18-17-15)13-16(8-9-16)10-14-6-4-3-5-7-14/h3-7,12H,8-11,13H2,1-2H3. The monoisotopic (exact) mass is 334 g/mol. The fourth-order valence-electron chi connectivity index (χ4n) is 2.77. The molecule has 0 atom stereocenters. The van der Waals surface area contributed by atoms with Crippen LogP contribution in [0.3, 0.4) is 0 Å². The highest BCUT2D eigenvalue weighted by atomic mass is 32.2. The van der Waals surface area contributed by atoms with Crippen molar-refractivity contribution in [2.45, 2.75) is 32.4 Å². The van der Waals surface area contributed by atoms with Crippen LogP contribution >= 0.6 is 0 Å². The Morgan fingerprint density at radius 3 is 2.57 bits per heavy atom. The summed E-state index contributed by atoms with van der Waals surface area (Å²) >= 11 is 0. The van der Waals surface area contributed by atoms with Crippen LogP contribution in [-0.2, 0) is 29.5 Å². The van der Waals surface area contributed by atoms with Gasteiger partial charge in [0, 0.05) is 19.8 Å². The van der Waals surface area contributed by atoms with E-state index in [9.17, 15) is 8.42 Å². The molecule has 1 heterocycles. The van der Waals surface area contributed by atoms with E-state index in [1.807, 2.05) is 16.9 Å². The summed E-state index contributed by atoms with van der Waals surface area (Å²) in [7, 11) is -1.65. The molecule has 0 bridgehead atoms. The van der Waals surface area contributed by atoms with Crippen molar-refractivity contribution in [3.8, 4) is 0 Å². The Kier molecular flexibility index (Phi) is 4.25. The second-order valence-electron chi connectivity index (χ2n) is 6.59. The van der Waals surface area contributed by atoms with Crippen LogP contribution in [0.5, 0.6) is 0 Å². The molecule has 0 unspecified atom stereocenters. The predicted molar refractivity (Wildman–Crippen MR) is 88.1 cm³/mol. The first-order valence-corrected chi connectivity index (χ1v) is 9.55. The number of sulfonamides is 1. The van der Waals surface area contributed by atoms with Crippen LogP contribution < -0.4 is 0 Å². The Labute approximate surface area is 137 Å². The van der Waals surface area contributed by atoms with Crippen LogP contribution in [0.4, 0.5) is 0 Å². The van der Waals surface area contributed by atoms with Crippen LogP contribution in [0.1, 0.15) is 24.1 Å². The van der Waals surface area contributed by atoms with Gasteiger partial charge in [-0.25, -0.2) is 8.42 Å². The van der Waals surface area contributed by atoms with Gasteiger partial charge in [0.25, 0.3) is 0 Å². The lowest BCUT2D eigenvalue weighted by atomic mass is 9.96. The Balaban J connectivity index is 1.63. The molecule has 1 aliphatic carbocycles. The number of benzene rings is 1. The summed E-state index contributed by atoms with van der Waals surface area (Å²) in [6, 6.07) is 10.5. The van der Waals surface area contributed by atoms with Gasteiger partial charge in [-0.1, -0.05) is 35.5 Å². The zero-order chi connectivity index (χ0) is 16.5. The molecular formula is C16H22N4O2S. The zero-order valence-corrected chi connectivity index (χ0v) is 14.3. The van der Waals surface area contributed by atoms with E-state index >= 15 is 0 Å². The minimum absolute atomic E-state index is 0.254. The number of nitrogens with zero attached hydrogens (tertiary/aromatic N) is 4. The van der Waals surface area contributed by atoms with Gasteiger partial charge in [0.05, 0.1) is 18.5 Å². The predicted octanol–water partition coefficient (Wildman–Crippen LogP) is 1.69. The fourth-order valence-corrected chi connectivity index (χ4v) is 3.14. The van der Waals surface area contributed by atoms with E-state index in [-0.39, 0.29) is 12.0 Å². The lowest BCUT2D eigenvalue weighted by Crippen LogP contribution is -2.25. The van der Waals surface area contributed by atoms with E-state index in [4.69, 9.17) is 0 Å². The smallest absolute Gasteiger partial charge is 0.211 e. The molecule has 1 saturated carbocycles. The number of aromatic nitrogens is 3. The molecule has 1 fully saturated rings. The molecule has 124 valence electrons. The quantitative estimate of drug-likeness (QED) is 0.773. The summed E-state index contributed by atoms with van der Waals surface area (Å²) in [5, 5.41) is 8.26. The maximum Gasteiger partial charge on any atom is 0.211 e. The molecule has 0 aliphatic heterocycles. The molecule has 0 amide bonds. The zero-order valence-electron chi connectivity index (χ0n) is 13.5. The second kappa shape index (κ2) is 6.05. The first kappa shape index (κ1) is 16.1. The topological polar surface area (TPSA) is 68.1 Å². The minimum atomic E-state index is -3.20. The number of rotatable bonds is 7. The van der Waals surface area contributed by atoms with E-state index in [1.54, 1.807) is 7.05 Å². The third kappa shape index (κ3) is 4.17. The van der Waals surface area contributed by atoms with Crippen LogP contribution in [0.2, 0.25) is 0 Å². The first-order chi connectivity index (χ1) is 10.9. The van der Waals surface area contributed by atoms with Gasteiger partial charge in [0.1, 0.15) is 0 Å². The van der Waals surface area contributed by atoms with Crippen molar-refractivity contribution in [3.05, 3.63) is 47.8 Å². The summed E-state index contributed by atoms with van der Waals surface area (Å²) in [6.07, 6.45) is 6.48. The lowest BCUT2D eigenvalue weighted by molar-refractivity contribution is 0.388. The number of hydrogen-bond acceptors (Lipinski definition) is 4. The lowest BCUT2D eigenvalue weighted by Gasteiger charge is -2.14. The minimum Gasteiger partial charge on any atom is -0.252 e. The van der Waals surface area contributed by atoms with Gasteiger partial charge < -0.3 is 0 Å². The van der Waals surface area contributed by atoms with Gasteiger partial charge in [-0.05, 0) is 30.2 Å². The molecule has 0 radical (unpaired) electrons. The SMILES string of the molecule is CN(Cc1cn(CC2(Cc3ccccc3)CC2)nn1)S(C)(=O)=O. The average molecular weight is 334 g/mol. The van der Waals surface area contributed by atoms with Crippen LogP contribution in [0.15, 0.2) is 36.5 Å². The Bertz CT molecular complexity index is 766. The molecule has 7 heteroatoms. The Hall–Kier alpha value is -1.73. The van der Waals surface area contributed by atoms with E-state index in [0.717, 1.165) is 13.0 Å². The highest BCUT2D eigenvalue weighted by molar-refractivity contribution is 7.88. The molecule has 23 heavy (non-hydrogen) atoms. The molecule has 1 aromatic carbocycles. The molecule has 0 spiro atoms. The van der Waals surface area contributed by atoms with Crippen molar-refractivity contribution in [2.24, 2.45) is 5.41 Å². The first-order valence-electron chi connectivity index (χ1n) is 7.71. The van der Waals surface area contributed by atoms with Crippen molar-refractivity contribution >= 4 is 10.0 Å². The third-order valence-corrected chi connectivity index (χ3v) is 5.67. The number of hydrogen-bond donors (Lipinski definition) is 0. The average Bonchev–Trinajstić information content (AvgIpc) is 3.09. The van der Waals surface area contributed by atoms with Crippen LogP contribution in [-0.4, -0.2) is 41.0 Å². The summed E-state index contributed by atoms with van der Waals surface area (Å²) in [5.41, 5.74) is 2.30. The van der Waals surface area contributed by atoms with Crippen molar-refractivity contribution in [1.82, 2.24) is 19.3 Å². The van der Waals surface area contributed by atoms with Crippen molar-refractivity contribution in [1.29, 1.82) is 0 Å². The molecule has 1 aliphatic rings. The van der Waals surface area contributed by atoms with Crippen molar-refractivity contribution in [2.75, 3.05) is 13.3 Å². The highest BCUT2D eigenvalue weighted by Crippen LogP contribution is 2.49. The Morgan fingerprint density at radius 1 is 1.26 bits per heavy atom. The van der Waals surface area contributed by atoms with Gasteiger partial charge >= 0.3 is 0 Å². The second-order valence-corrected chi connectivity index (χ2v) is 8.68. The van der Waals surface area contributed by atoms with Crippen LogP contribution in [0, 0.1) is 5.41 Å². The van der Waals surface area contributed by atoms with Crippen molar-refractivity contribution < 1.29 is 8.42 Å². The Morgan fingerprint density at radius 2 is 1.96 bits per heavy atom. The molecule has 3 rings (SSSR count). The molecule has 6 nitrogen and oxygen atoms in total. The fraction of sp³-hybridized carbons (Fsp3) is 0.500. The van der Waals surface area contributed by atoms with Gasteiger partial charge in [-0.3, -0.25) is 4.68 Å². The summed E-state index contributed by atoms with van der Waals surface area (Å²) < 4.78 is 26.0. The van der Waals surface area contributed by atoms with Gasteiger partial charge in [0.2, 0.25) is 10.0 Å². The van der Waals surface area contributed by atoms with Crippen molar-refractivity contribution in [3.63, 3.8) is 0 Å². The maximum atomic E-state index is 11.5. The summed E-state index contributed by atoms with van der Waals surface area (Å²) in [5.74, 6) is 0. The molecule has 0 saturated heterocycles. The van der Waals surface area contributed by atoms with Crippen LogP contribution in [0.25, 0.3) is 0 Å². The molecule has 0 N–H and O–H groups in total. The van der Waals surface area contributed by atoms with E-state index in [0.29, 0.717) is 5.69 Å². The molecular weight excluding hydrogens is 312 g/mol. The maximum absolute atomic E-state index is 11.5. The summed E-state index contributed by atoms with van der Waals surface area (Å²) in [6.45, 7) is 1.09. The van der Waals surface area contributed by atoms with E-state index in [1.165, 1.54) is 29.0 Å². The van der Waals surface area contributed by atoms with Gasteiger partial charge in [-0.2, -0.15) is 4.31 Å². The molecule has 2 aromatic rings. The largest absolute Gasteiger partial charge is 0.252 e. The highest BCUT2D eigenvalue weighted by Gasteiger charge is 2.43. The van der Waals surface area contributed by atoms with E-state index < -0.39 is 10.0 Å². The van der Waals surface area contributed by atoms with E-state index in [2.05, 4.69) is 34.6 Å². The molecule has 1 aromatic heterocycles. The van der Waals surface area contributed by atoms with Gasteiger partial charge in [0.15, 0.2) is 0 Å². The normalized spacial score (nSPS) is 16.7.